The predicted octanol–water partition coefficient (Wildman–Crippen LogP) is 3.38. The van der Waals surface area contributed by atoms with Crippen molar-refractivity contribution >= 4 is 16.8 Å². The molecule has 1 aliphatic rings. The number of aromatic nitrogens is 1. The molecule has 0 radical (unpaired) electrons. The number of ether oxygens (including phenoxy) is 2. The second-order valence-corrected chi connectivity index (χ2v) is 6.17. The van der Waals surface area contributed by atoms with Gasteiger partial charge in [0.15, 0.2) is 0 Å². The van der Waals surface area contributed by atoms with Crippen LogP contribution in [0.1, 0.15) is 21.6 Å². The fourth-order valence-corrected chi connectivity index (χ4v) is 3.51. The van der Waals surface area contributed by atoms with Crippen LogP contribution >= 0.6 is 0 Å². The van der Waals surface area contributed by atoms with E-state index in [-0.39, 0.29) is 5.91 Å². The summed E-state index contributed by atoms with van der Waals surface area (Å²) < 4.78 is 10.7. The summed E-state index contributed by atoms with van der Waals surface area (Å²) >= 11 is 0. The van der Waals surface area contributed by atoms with Crippen molar-refractivity contribution in [2.75, 3.05) is 20.8 Å². The highest BCUT2D eigenvalue weighted by atomic mass is 16.5. The van der Waals surface area contributed by atoms with E-state index in [0.29, 0.717) is 24.4 Å². The van der Waals surface area contributed by atoms with Crippen molar-refractivity contribution in [3.63, 3.8) is 0 Å². The van der Waals surface area contributed by atoms with Crippen molar-refractivity contribution in [3.05, 3.63) is 59.3 Å². The molecule has 5 heteroatoms. The fraction of sp³-hybridized carbons (Fsp3) is 0.250. The molecule has 1 aliphatic heterocycles. The Morgan fingerprint density at radius 1 is 1.12 bits per heavy atom. The monoisotopic (exact) mass is 336 g/mol. The molecule has 0 unspecified atom stereocenters. The lowest BCUT2D eigenvalue weighted by molar-refractivity contribution is 0.0729. The summed E-state index contributed by atoms with van der Waals surface area (Å²) in [5.74, 6) is 1.46. The lowest BCUT2D eigenvalue weighted by Crippen LogP contribution is -2.36. The minimum atomic E-state index is -0.000614. The molecular formula is C20H20N2O3. The molecule has 2 heterocycles. The number of nitrogens with one attached hydrogen (secondary N) is 1. The van der Waals surface area contributed by atoms with Gasteiger partial charge < -0.3 is 19.4 Å². The summed E-state index contributed by atoms with van der Waals surface area (Å²) in [4.78, 5) is 18.2. The number of para-hydroxylation sites is 1. The first-order chi connectivity index (χ1) is 12.2. The van der Waals surface area contributed by atoms with Crippen molar-refractivity contribution < 1.29 is 14.3 Å². The molecule has 5 nitrogen and oxygen atoms in total. The van der Waals surface area contributed by atoms with E-state index in [2.05, 4.69) is 11.1 Å². The average molecular weight is 336 g/mol. The standard InChI is InChI=1S/C20H20N2O3/c1-24-13-7-8-17-16(11-13)14-9-10-22(12-18(14)21-17)20(23)15-5-3-4-6-19(15)25-2/h3-8,11,21H,9-10,12H2,1-2H3. The number of aromatic amines is 1. The van der Waals surface area contributed by atoms with E-state index in [1.165, 1.54) is 10.9 Å². The smallest absolute Gasteiger partial charge is 0.257 e. The molecule has 0 fully saturated rings. The van der Waals surface area contributed by atoms with Crippen LogP contribution in [0.25, 0.3) is 10.9 Å². The van der Waals surface area contributed by atoms with Gasteiger partial charge in [-0.15, -0.1) is 0 Å². The number of carbonyl (C=O) groups excluding carboxylic acids is 1. The lowest BCUT2D eigenvalue weighted by Gasteiger charge is -2.27. The second kappa shape index (κ2) is 6.16. The van der Waals surface area contributed by atoms with Crippen molar-refractivity contribution in [1.82, 2.24) is 9.88 Å². The van der Waals surface area contributed by atoms with Crippen LogP contribution in [-0.2, 0) is 13.0 Å². The number of nitrogens with zero attached hydrogens (tertiary/aromatic N) is 1. The van der Waals surface area contributed by atoms with Crippen molar-refractivity contribution in [1.29, 1.82) is 0 Å². The van der Waals surface area contributed by atoms with E-state index in [1.54, 1.807) is 14.2 Å². The minimum absolute atomic E-state index is 0.000614. The molecule has 2 aromatic carbocycles. The maximum Gasteiger partial charge on any atom is 0.257 e. The van der Waals surface area contributed by atoms with Gasteiger partial charge in [-0.1, -0.05) is 12.1 Å². The summed E-state index contributed by atoms with van der Waals surface area (Å²) in [6.45, 7) is 1.26. The van der Waals surface area contributed by atoms with Crippen molar-refractivity contribution in [3.8, 4) is 11.5 Å². The van der Waals surface area contributed by atoms with Gasteiger partial charge in [0, 0.05) is 23.1 Å². The Morgan fingerprint density at radius 2 is 1.96 bits per heavy atom. The summed E-state index contributed by atoms with van der Waals surface area (Å²) in [6.07, 6.45) is 0.823. The van der Waals surface area contributed by atoms with Gasteiger partial charge in [0.25, 0.3) is 5.91 Å². The van der Waals surface area contributed by atoms with E-state index in [9.17, 15) is 4.79 Å². The highest BCUT2D eigenvalue weighted by Crippen LogP contribution is 2.31. The van der Waals surface area contributed by atoms with Gasteiger partial charge in [0.1, 0.15) is 11.5 Å². The molecule has 1 amide bonds. The fourth-order valence-electron chi connectivity index (χ4n) is 3.51. The Balaban J connectivity index is 1.66. The number of carbonyl (C=O) groups is 1. The highest BCUT2D eigenvalue weighted by molar-refractivity contribution is 5.97. The van der Waals surface area contributed by atoms with Crippen LogP contribution in [0.3, 0.4) is 0 Å². The molecule has 4 rings (SSSR count). The number of amides is 1. The number of H-pyrrole nitrogens is 1. The number of benzene rings is 2. The Hall–Kier alpha value is -2.95. The van der Waals surface area contributed by atoms with Crippen LogP contribution in [0, 0.1) is 0 Å². The van der Waals surface area contributed by atoms with Gasteiger partial charge in [-0.2, -0.15) is 0 Å². The van der Waals surface area contributed by atoms with E-state index in [4.69, 9.17) is 9.47 Å². The maximum atomic E-state index is 12.9. The van der Waals surface area contributed by atoms with E-state index >= 15 is 0 Å². The molecule has 0 saturated heterocycles. The van der Waals surface area contributed by atoms with Crippen LogP contribution in [0.2, 0.25) is 0 Å². The largest absolute Gasteiger partial charge is 0.497 e. The number of rotatable bonds is 3. The van der Waals surface area contributed by atoms with Gasteiger partial charge in [-0.05, 0) is 42.3 Å². The van der Waals surface area contributed by atoms with Crippen molar-refractivity contribution in [2.45, 2.75) is 13.0 Å². The zero-order valence-corrected chi connectivity index (χ0v) is 14.3. The Morgan fingerprint density at radius 3 is 2.76 bits per heavy atom. The van der Waals surface area contributed by atoms with Crippen LogP contribution in [0.15, 0.2) is 42.5 Å². The molecule has 0 bridgehead atoms. The van der Waals surface area contributed by atoms with Crippen LogP contribution in [0.5, 0.6) is 11.5 Å². The number of hydrogen-bond acceptors (Lipinski definition) is 3. The molecule has 25 heavy (non-hydrogen) atoms. The van der Waals surface area contributed by atoms with Gasteiger partial charge in [-0.25, -0.2) is 0 Å². The third kappa shape index (κ3) is 2.61. The van der Waals surface area contributed by atoms with Crippen LogP contribution in [-0.4, -0.2) is 36.6 Å². The predicted molar refractivity (Wildman–Crippen MR) is 96.3 cm³/mol. The maximum absolute atomic E-state index is 12.9. The summed E-state index contributed by atoms with van der Waals surface area (Å²) in [5, 5.41) is 1.18. The van der Waals surface area contributed by atoms with Gasteiger partial charge in [-0.3, -0.25) is 4.79 Å². The summed E-state index contributed by atoms with van der Waals surface area (Å²) in [6, 6.07) is 13.4. The van der Waals surface area contributed by atoms with Gasteiger partial charge in [0.05, 0.1) is 26.3 Å². The number of hydrogen-bond donors (Lipinski definition) is 1. The molecule has 3 aromatic rings. The topological polar surface area (TPSA) is 54.6 Å². The molecular weight excluding hydrogens is 316 g/mol. The zero-order valence-electron chi connectivity index (χ0n) is 14.3. The Bertz CT molecular complexity index is 945. The van der Waals surface area contributed by atoms with Crippen LogP contribution < -0.4 is 9.47 Å². The molecule has 1 aromatic heterocycles. The zero-order chi connectivity index (χ0) is 17.4. The second-order valence-electron chi connectivity index (χ2n) is 6.17. The molecule has 0 atom stereocenters. The third-order valence-corrected chi connectivity index (χ3v) is 4.81. The Kier molecular flexibility index (Phi) is 3.84. The quantitative estimate of drug-likeness (QED) is 0.798. The molecule has 0 saturated carbocycles. The minimum Gasteiger partial charge on any atom is -0.497 e. The van der Waals surface area contributed by atoms with E-state index in [1.807, 2.05) is 41.3 Å². The van der Waals surface area contributed by atoms with Crippen molar-refractivity contribution in [2.24, 2.45) is 0 Å². The lowest BCUT2D eigenvalue weighted by atomic mass is 10.0. The molecule has 128 valence electrons. The summed E-state index contributed by atoms with van der Waals surface area (Å²) in [5.41, 5.74) is 4.05. The number of methoxy groups -OCH3 is 2. The molecule has 0 spiro atoms. The van der Waals surface area contributed by atoms with E-state index in [0.717, 1.165) is 23.4 Å². The van der Waals surface area contributed by atoms with Gasteiger partial charge >= 0.3 is 0 Å². The highest BCUT2D eigenvalue weighted by Gasteiger charge is 2.26. The van der Waals surface area contributed by atoms with Crippen LogP contribution in [0.4, 0.5) is 0 Å². The van der Waals surface area contributed by atoms with E-state index < -0.39 is 0 Å². The summed E-state index contributed by atoms with van der Waals surface area (Å²) in [7, 11) is 3.26. The molecule has 1 N–H and O–H groups in total. The third-order valence-electron chi connectivity index (χ3n) is 4.81. The van der Waals surface area contributed by atoms with Gasteiger partial charge in [0.2, 0.25) is 0 Å². The first-order valence-electron chi connectivity index (χ1n) is 8.31. The SMILES string of the molecule is COc1ccc2[nH]c3c(c2c1)CCN(C(=O)c1ccccc1OC)C3. The Labute approximate surface area is 146 Å². The molecule has 0 aliphatic carbocycles. The average Bonchev–Trinajstić information content (AvgIpc) is 3.04. The number of fused-ring (bicyclic) bond motifs is 3. The normalized spacial score (nSPS) is 13.6. The first-order valence-corrected chi connectivity index (χ1v) is 8.31. The first kappa shape index (κ1) is 15.6.